The average molecular weight is 886 g/mol. The van der Waals surface area contributed by atoms with Gasteiger partial charge in [-0.05, 0) is 175 Å². The molecule has 8 aromatic rings. The molecule has 0 saturated carbocycles. The Kier molecular flexibility index (Phi) is 13.9. The van der Waals surface area contributed by atoms with Crippen LogP contribution in [0, 0.1) is 27.7 Å². The lowest BCUT2D eigenvalue weighted by Gasteiger charge is -2.26. The molecule has 8 nitrogen and oxygen atoms in total. The van der Waals surface area contributed by atoms with Crippen molar-refractivity contribution in [2.45, 2.75) is 34.6 Å². The van der Waals surface area contributed by atoms with E-state index in [0.717, 1.165) is 67.3 Å². The van der Waals surface area contributed by atoms with Gasteiger partial charge in [-0.25, -0.2) is 4.79 Å². The highest BCUT2D eigenvalue weighted by Gasteiger charge is 2.15. The van der Waals surface area contributed by atoms with Gasteiger partial charge in [-0.1, -0.05) is 96.1 Å². The van der Waals surface area contributed by atoms with E-state index in [4.69, 9.17) is 23.7 Å². The van der Waals surface area contributed by atoms with Gasteiger partial charge in [-0.3, -0.25) is 4.79 Å². The van der Waals surface area contributed by atoms with Gasteiger partial charge in [-0.2, -0.15) is 0 Å². The topological polar surface area (TPSA) is 83.5 Å². The maximum atomic E-state index is 13.0. The second-order valence-corrected chi connectivity index (χ2v) is 16.3. The lowest BCUT2D eigenvalue weighted by atomic mass is 9.95. The molecule has 0 radical (unpaired) electrons. The SMILES string of the molecule is COc1ccc(/C(=C\c2ccc(-c3ccc(N(c4ccc(C)cc4)c4ccc(C)cc4)cc3)cc2)c2ccc(OC(=O)COc3ccc(Oc4ccc(OC(C)=O)c(C)c4)cc3C)cc2)cc1. The van der Waals surface area contributed by atoms with Crippen molar-refractivity contribution < 1.29 is 33.3 Å². The van der Waals surface area contributed by atoms with Crippen LogP contribution in [0.1, 0.15) is 45.9 Å². The van der Waals surface area contributed by atoms with E-state index in [2.05, 4.69) is 122 Å². The molecule has 0 aromatic heterocycles. The smallest absolute Gasteiger partial charge is 0.349 e. The number of hydrogen-bond acceptors (Lipinski definition) is 8. The molecule has 0 amide bonds. The number of carbonyl (C=O) groups excluding carboxylic acids is 2. The first kappa shape index (κ1) is 45.2. The van der Waals surface area contributed by atoms with Crippen LogP contribution in [0.3, 0.4) is 0 Å². The second kappa shape index (κ2) is 20.6. The molecular weight excluding hydrogens is 835 g/mol. The van der Waals surface area contributed by atoms with Crippen LogP contribution >= 0.6 is 0 Å². The van der Waals surface area contributed by atoms with Gasteiger partial charge in [0.1, 0.15) is 34.5 Å². The number of esters is 2. The van der Waals surface area contributed by atoms with Gasteiger partial charge in [0.15, 0.2) is 6.61 Å². The van der Waals surface area contributed by atoms with Crippen LogP contribution < -0.4 is 28.6 Å². The highest BCUT2D eigenvalue weighted by molar-refractivity contribution is 5.92. The minimum Gasteiger partial charge on any atom is -0.497 e. The fourth-order valence-electron chi connectivity index (χ4n) is 7.62. The van der Waals surface area contributed by atoms with Crippen LogP contribution in [-0.2, 0) is 9.59 Å². The zero-order chi connectivity index (χ0) is 46.9. The molecule has 67 heavy (non-hydrogen) atoms. The van der Waals surface area contributed by atoms with Gasteiger partial charge in [0.2, 0.25) is 0 Å². The summed E-state index contributed by atoms with van der Waals surface area (Å²) >= 11 is 0. The van der Waals surface area contributed by atoms with E-state index in [0.29, 0.717) is 28.7 Å². The Morgan fingerprint density at radius 3 is 1.42 bits per heavy atom. The molecule has 0 spiro atoms. The molecule has 0 aliphatic heterocycles. The van der Waals surface area contributed by atoms with Crippen LogP contribution in [0.15, 0.2) is 182 Å². The van der Waals surface area contributed by atoms with Crippen molar-refractivity contribution in [1.82, 2.24) is 0 Å². The van der Waals surface area contributed by atoms with E-state index in [9.17, 15) is 9.59 Å². The minimum atomic E-state index is -0.536. The molecule has 8 heteroatoms. The van der Waals surface area contributed by atoms with E-state index in [1.54, 1.807) is 49.6 Å². The highest BCUT2D eigenvalue weighted by Crippen LogP contribution is 2.37. The quantitative estimate of drug-likeness (QED) is 0.0572. The van der Waals surface area contributed by atoms with Crippen molar-refractivity contribution in [3.8, 4) is 45.6 Å². The van der Waals surface area contributed by atoms with Crippen LogP contribution in [0.25, 0.3) is 22.8 Å². The Hall–Kier alpha value is -8.36. The zero-order valence-electron chi connectivity index (χ0n) is 38.4. The van der Waals surface area contributed by atoms with Crippen molar-refractivity contribution in [3.63, 3.8) is 0 Å². The normalized spacial score (nSPS) is 11.1. The Balaban J connectivity index is 0.938. The third-order valence-electron chi connectivity index (χ3n) is 11.2. The summed E-state index contributed by atoms with van der Waals surface area (Å²) in [5, 5.41) is 0. The van der Waals surface area contributed by atoms with Gasteiger partial charge in [0.05, 0.1) is 7.11 Å². The molecule has 0 bridgehead atoms. The summed E-state index contributed by atoms with van der Waals surface area (Å²) in [5.74, 6) is 2.44. The Bertz CT molecular complexity index is 2970. The predicted octanol–water partition coefficient (Wildman–Crippen LogP) is 14.4. The van der Waals surface area contributed by atoms with E-state index in [-0.39, 0.29) is 12.6 Å². The van der Waals surface area contributed by atoms with E-state index in [1.165, 1.54) is 18.1 Å². The number of rotatable bonds is 15. The number of ether oxygens (including phenoxy) is 5. The molecule has 8 aromatic carbocycles. The lowest BCUT2D eigenvalue weighted by molar-refractivity contribution is -0.136. The molecular formula is C59H51NO7. The van der Waals surface area contributed by atoms with Gasteiger partial charge in [0, 0.05) is 24.0 Å². The van der Waals surface area contributed by atoms with Crippen molar-refractivity contribution >= 4 is 40.6 Å². The van der Waals surface area contributed by atoms with Crippen LogP contribution in [0.2, 0.25) is 0 Å². The van der Waals surface area contributed by atoms with Crippen molar-refractivity contribution in [2.75, 3.05) is 18.6 Å². The second-order valence-electron chi connectivity index (χ2n) is 16.3. The maximum Gasteiger partial charge on any atom is 0.349 e. The molecule has 0 N–H and O–H groups in total. The van der Waals surface area contributed by atoms with E-state index < -0.39 is 5.97 Å². The van der Waals surface area contributed by atoms with E-state index >= 15 is 0 Å². The first-order valence-electron chi connectivity index (χ1n) is 22.0. The summed E-state index contributed by atoms with van der Waals surface area (Å²) in [4.78, 5) is 26.6. The highest BCUT2D eigenvalue weighted by atomic mass is 16.6. The Morgan fingerprint density at radius 2 is 0.940 bits per heavy atom. The number of aryl methyl sites for hydroxylation is 4. The molecule has 0 atom stereocenters. The molecule has 0 fully saturated rings. The summed E-state index contributed by atoms with van der Waals surface area (Å²) in [6, 6.07) is 60.5. The van der Waals surface area contributed by atoms with Crippen molar-refractivity contribution in [3.05, 3.63) is 221 Å². The number of nitrogens with zero attached hydrogens (tertiary/aromatic N) is 1. The predicted molar refractivity (Wildman–Crippen MR) is 267 cm³/mol. The van der Waals surface area contributed by atoms with Crippen molar-refractivity contribution in [1.29, 1.82) is 0 Å². The standard InChI is InChI=1S/C59H51NO7/c1-39-7-21-49(22-8-39)60(50-23-9-40(2)10-24-50)51-25-15-46(16-26-51)45-13-11-44(12-14-45)37-56(47-17-27-52(63-6)28-18-47)48-19-29-53(30-20-48)67-59(62)38-64-57-33-31-54(35-41(57)3)66-55-32-34-58(42(4)36-55)65-43(5)61/h7-37H,38H2,1-6H3/b56-37+. The largest absolute Gasteiger partial charge is 0.497 e. The fourth-order valence-corrected chi connectivity index (χ4v) is 7.62. The summed E-state index contributed by atoms with van der Waals surface area (Å²) in [6.45, 7) is 9.00. The minimum absolute atomic E-state index is 0.282. The van der Waals surface area contributed by atoms with Gasteiger partial charge in [0.25, 0.3) is 0 Å². The summed E-state index contributed by atoms with van der Waals surface area (Å²) in [6.07, 6.45) is 2.16. The molecule has 0 heterocycles. The molecule has 0 unspecified atom stereocenters. The number of carbonyl (C=O) groups is 2. The average Bonchev–Trinajstić information content (AvgIpc) is 3.33. The van der Waals surface area contributed by atoms with Crippen molar-refractivity contribution in [2.24, 2.45) is 0 Å². The zero-order valence-corrected chi connectivity index (χ0v) is 38.4. The first-order chi connectivity index (χ1) is 32.5. The first-order valence-corrected chi connectivity index (χ1v) is 22.0. The summed E-state index contributed by atoms with van der Waals surface area (Å²) in [5.41, 5.74) is 13.5. The molecule has 0 saturated heterocycles. The molecule has 0 aliphatic carbocycles. The summed E-state index contributed by atoms with van der Waals surface area (Å²) in [7, 11) is 1.65. The third kappa shape index (κ3) is 11.5. The number of hydrogen-bond donors (Lipinski definition) is 0. The molecule has 334 valence electrons. The van der Waals surface area contributed by atoms with Gasteiger partial charge >= 0.3 is 11.9 Å². The fraction of sp³-hybridized carbons (Fsp3) is 0.119. The monoisotopic (exact) mass is 885 g/mol. The van der Waals surface area contributed by atoms with Gasteiger partial charge < -0.3 is 28.6 Å². The van der Waals surface area contributed by atoms with Crippen LogP contribution in [0.4, 0.5) is 17.1 Å². The number of anilines is 3. The Morgan fingerprint density at radius 1 is 0.493 bits per heavy atom. The van der Waals surface area contributed by atoms with Crippen LogP contribution in [-0.4, -0.2) is 25.7 Å². The number of methoxy groups -OCH3 is 1. The third-order valence-corrected chi connectivity index (χ3v) is 11.2. The van der Waals surface area contributed by atoms with Crippen LogP contribution in [0.5, 0.6) is 34.5 Å². The summed E-state index contributed by atoms with van der Waals surface area (Å²) < 4.78 is 28.2. The Labute approximate surface area is 392 Å². The maximum absolute atomic E-state index is 13.0. The molecule has 8 rings (SSSR count). The van der Waals surface area contributed by atoms with Gasteiger partial charge in [-0.15, -0.1) is 0 Å². The lowest BCUT2D eigenvalue weighted by Crippen LogP contribution is -2.18. The number of benzene rings is 8. The van der Waals surface area contributed by atoms with E-state index in [1.807, 2.05) is 56.3 Å². The molecule has 0 aliphatic rings.